The van der Waals surface area contributed by atoms with Crippen LogP contribution >= 0.6 is 0 Å². The van der Waals surface area contributed by atoms with Gasteiger partial charge in [0.2, 0.25) is 0 Å². The van der Waals surface area contributed by atoms with Crippen LogP contribution in [0, 0.1) is 0 Å². The first-order chi connectivity index (χ1) is 1.73. The van der Waals surface area contributed by atoms with Crippen molar-refractivity contribution in [3.8, 4) is 0 Å². The third-order valence-corrected chi connectivity index (χ3v) is 0. The van der Waals surface area contributed by atoms with Crippen molar-refractivity contribution in [2.24, 2.45) is 0 Å². The summed E-state index contributed by atoms with van der Waals surface area (Å²) in [5.41, 5.74) is 0. The van der Waals surface area contributed by atoms with Crippen molar-refractivity contribution in [3.63, 3.8) is 0 Å². The molecule has 0 atom stereocenters. The molecule has 29 valence electrons. The van der Waals surface area contributed by atoms with Crippen molar-refractivity contribution < 1.29 is 48.9 Å². The molecule has 1 radical (unpaired) electrons. The Morgan fingerprint density at radius 2 is 1.40 bits per heavy atom. The maximum atomic E-state index is 8.61. The van der Waals surface area contributed by atoms with E-state index in [1.54, 1.807) is 0 Å². The van der Waals surface area contributed by atoms with E-state index in [1.165, 1.54) is 0 Å². The second-order valence-electron chi connectivity index (χ2n) is 0.250. The molecular formula is MnO3Zr. The molecule has 5 heteroatoms. The first kappa shape index (κ1) is 9.45. The molecule has 0 unspecified atom stereocenters. The van der Waals surface area contributed by atoms with Gasteiger partial charge in [0.1, 0.15) is 0 Å². The summed E-state index contributed by atoms with van der Waals surface area (Å²) in [6, 6.07) is 0. The Kier molecular flexibility index (Phi) is 9.68. The zero-order chi connectivity index (χ0) is 3.58. The second kappa shape index (κ2) is 5.12. The molecule has 5 heavy (non-hydrogen) atoms. The maximum absolute atomic E-state index is 8.61. The first-order valence-corrected chi connectivity index (χ1v) is 3.62. The van der Waals surface area contributed by atoms with Gasteiger partial charge in [-0.1, -0.05) is 0 Å². The van der Waals surface area contributed by atoms with Crippen molar-refractivity contribution in [2.45, 2.75) is 0 Å². The average Bonchev–Trinajstić information content (AvgIpc) is 0.811. The third kappa shape index (κ3) is 39.6. The predicted molar refractivity (Wildman–Crippen MR) is 0.686 cm³/mol. The summed E-state index contributed by atoms with van der Waals surface area (Å²) in [6.07, 6.45) is 0. The van der Waals surface area contributed by atoms with Gasteiger partial charge < -0.3 is 0 Å². The molecule has 0 aromatic heterocycles. The summed E-state index contributed by atoms with van der Waals surface area (Å²) < 4.78 is 25.8. The molecule has 0 aromatic carbocycles. The third-order valence-electron chi connectivity index (χ3n) is 0. The van der Waals surface area contributed by atoms with E-state index in [-0.39, 0.29) is 17.1 Å². The van der Waals surface area contributed by atoms with Crippen molar-refractivity contribution in [3.05, 3.63) is 0 Å². The Hall–Kier alpha value is 1.12. The Bertz CT molecular complexity index is 29.9. The van der Waals surface area contributed by atoms with Gasteiger partial charge in [-0.2, -0.15) is 0 Å². The van der Waals surface area contributed by atoms with E-state index in [9.17, 15) is 0 Å². The molecule has 0 spiro atoms. The Labute approximate surface area is 48.8 Å². The quantitative estimate of drug-likeness (QED) is 0.400. The number of hydrogen-bond donors (Lipinski definition) is 0. The molecule has 0 saturated carbocycles. The predicted octanol–water partition coefficient (Wildman–Crippen LogP) is -2.50. The molecular weight excluding hydrogens is 194 g/mol. The van der Waals surface area contributed by atoms with E-state index in [0.29, 0.717) is 0 Å². The molecule has 0 saturated heterocycles. The van der Waals surface area contributed by atoms with Crippen molar-refractivity contribution in [1.29, 1.82) is 0 Å². The molecule has 0 aliphatic carbocycles. The van der Waals surface area contributed by atoms with Crippen molar-refractivity contribution in [1.82, 2.24) is 0 Å². The second-order valence-corrected chi connectivity index (χ2v) is 1.48. The van der Waals surface area contributed by atoms with Crippen LogP contribution < -0.4 is 6.37 Å². The van der Waals surface area contributed by atoms with Crippen molar-refractivity contribution in [2.75, 3.05) is 0 Å². The van der Waals surface area contributed by atoms with Crippen LogP contribution in [0.1, 0.15) is 0 Å². The Morgan fingerprint density at radius 1 is 1.40 bits per heavy atom. The van der Waals surface area contributed by atoms with Crippen LogP contribution in [-0.2, 0) is 42.5 Å². The summed E-state index contributed by atoms with van der Waals surface area (Å²) in [5, 5.41) is 0. The van der Waals surface area contributed by atoms with E-state index in [1.807, 2.05) is 0 Å². The summed E-state index contributed by atoms with van der Waals surface area (Å²) >= 11 is -4.29. The van der Waals surface area contributed by atoms with Gasteiger partial charge >= 0.3 is 48.9 Å². The summed E-state index contributed by atoms with van der Waals surface area (Å²) in [5.74, 6) is 0. The van der Waals surface area contributed by atoms with Gasteiger partial charge in [0, 0.05) is 0 Å². The van der Waals surface area contributed by atoms with Gasteiger partial charge in [-0.05, 0) is 0 Å². The Balaban J connectivity index is 0. The van der Waals surface area contributed by atoms with Crippen molar-refractivity contribution >= 4 is 0 Å². The van der Waals surface area contributed by atoms with Crippen LogP contribution in [0.15, 0.2) is 0 Å². The Morgan fingerprint density at radius 3 is 1.40 bits per heavy atom. The van der Waals surface area contributed by atoms with E-state index < -0.39 is 22.6 Å². The molecule has 0 rings (SSSR count). The fourth-order valence-electron chi connectivity index (χ4n) is 0. The minimum atomic E-state index is -4.29. The summed E-state index contributed by atoms with van der Waals surface area (Å²) in [6.45, 7) is 0. The van der Waals surface area contributed by atoms with Gasteiger partial charge in [0.05, 0.1) is 0 Å². The number of hydrogen-bond acceptors (Lipinski definition) is 3. The molecule has 0 fully saturated rings. The zero-order valence-corrected chi connectivity index (χ0v) is 5.74. The molecule has 0 amide bonds. The fraction of sp³-hybridized carbons (Fsp3) is 0. The molecule has 0 N–H and O–H groups in total. The first-order valence-electron chi connectivity index (χ1n) is 0.612. The van der Waals surface area contributed by atoms with Crippen LogP contribution in [-0.4, -0.2) is 0 Å². The minimum absolute atomic E-state index is 0. The van der Waals surface area contributed by atoms with E-state index in [2.05, 4.69) is 0 Å². The standard InChI is InChI=1S/Mn.3O.Zr/q+2;;2*-1;. The molecule has 0 aliphatic heterocycles. The zero-order valence-electron chi connectivity index (χ0n) is 2.10. The SMILES string of the molecule is [Mn+2].[O]=[Zr]([O-])[O-]. The van der Waals surface area contributed by atoms with Crippen LogP contribution in [0.3, 0.4) is 0 Å². The van der Waals surface area contributed by atoms with E-state index >= 15 is 0 Å². The van der Waals surface area contributed by atoms with E-state index in [4.69, 9.17) is 9.18 Å². The molecule has 0 bridgehead atoms. The molecule has 0 aromatic rings. The van der Waals surface area contributed by atoms with Gasteiger partial charge in [-0.3, -0.25) is 0 Å². The molecule has 3 nitrogen and oxygen atoms in total. The van der Waals surface area contributed by atoms with Gasteiger partial charge in [0.25, 0.3) is 0 Å². The van der Waals surface area contributed by atoms with Gasteiger partial charge in [-0.25, -0.2) is 0 Å². The van der Waals surface area contributed by atoms with Gasteiger partial charge in [0.15, 0.2) is 0 Å². The normalized spacial score (nSPS) is 5.20. The topological polar surface area (TPSA) is 63.2 Å². The molecule has 0 aliphatic rings. The summed E-state index contributed by atoms with van der Waals surface area (Å²) in [7, 11) is 0. The fourth-order valence-corrected chi connectivity index (χ4v) is 0. The van der Waals surface area contributed by atoms with Crippen LogP contribution in [0.2, 0.25) is 0 Å². The summed E-state index contributed by atoms with van der Waals surface area (Å²) in [4.78, 5) is 0. The number of rotatable bonds is 0. The monoisotopic (exact) mass is 193 g/mol. The van der Waals surface area contributed by atoms with Crippen LogP contribution in [0.25, 0.3) is 0 Å². The van der Waals surface area contributed by atoms with Crippen LogP contribution in [0.5, 0.6) is 0 Å². The van der Waals surface area contributed by atoms with Crippen LogP contribution in [0.4, 0.5) is 0 Å². The van der Waals surface area contributed by atoms with Gasteiger partial charge in [-0.15, -0.1) is 0 Å². The average molecular weight is 194 g/mol. The van der Waals surface area contributed by atoms with E-state index in [0.717, 1.165) is 0 Å². The molecule has 0 heterocycles.